The van der Waals surface area contributed by atoms with Crippen molar-refractivity contribution in [3.63, 3.8) is 0 Å². The minimum Gasteiger partial charge on any atom is -0.345 e. The average molecular weight is 285 g/mol. The summed E-state index contributed by atoms with van der Waals surface area (Å²) < 4.78 is 13.0. The highest BCUT2D eigenvalue weighted by atomic mass is 19.1. The molecule has 0 aliphatic heterocycles. The molecule has 2 nitrogen and oxygen atoms in total. The first-order chi connectivity index (χ1) is 9.97. The van der Waals surface area contributed by atoms with Gasteiger partial charge in [0, 0.05) is 5.56 Å². The second kappa shape index (κ2) is 6.53. The Balaban J connectivity index is 2.18. The molecule has 1 amide bonds. The van der Waals surface area contributed by atoms with Crippen molar-refractivity contribution in [2.45, 2.75) is 26.8 Å². The zero-order valence-electron chi connectivity index (χ0n) is 12.6. The Kier molecular flexibility index (Phi) is 4.73. The fraction of sp³-hybridized carbons (Fsp3) is 0.278. The smallest absolute Gasteiger partial charge is 0.251 e. The van der Waals surface area contributed by atoms with Crippen molar-refractivity contribution >= 4 is 5.91 Å². The van der Waals surface area contributed by atoms with Gasteiger partial charge in [-0.3, -0.25) is 4.79 Å². The van der Waals surface area contributed by atoms with Crippen LogP contribution in [-0.4, -0.2) is 5.91 Å². The van der Waals surface area contributed by atoms with E-state index in [9.17, 15) is 9.18 Å². The largest absolute Gasteiger partial charge is 0.345 e. The summed E-state index contributed by atoms with van der Waals surface area (Å²) in [5.41, 5.74) is 2.66. The number of carbonyl (C=O) groups excluding carboxylic acids is 1. The number of hydrogen-bond acceptors (Lipinski definition) is 1. The predicted octanol–water partition coefficient (Wildman–Crippen LogP) is 4.26. The van der Waals surface area contributed by atoms with Crippen LogP contribution in [0.1, 0.15) is 41.4 Å². The van der Waals surface area contributed by atoms with E-state index in [1.165, 1.54) is 12.1 Å². The zero-order valence-corrected chi connectivity index (χ0v) is 12.6. The van der Waals surface area contributed by atoms with Gasteiger partial charge in [0.25, 0.3) is 5.91 Å². The molecule has 2 aromatic rings. The van der Waals surface area contributed by atoms with Crippen LogP contribution in [0.4, 0.5) is 4.39 Å². The van der Waals surface area contributed by atoms with E-state index in [1.807, 2.05) is 45.0 Å². The van der Waals surface area contributed by atoms with Gasteiger partial charge in [-0.05, 0) is 42.7 Å². The third kappa shape index (κ3) is 3.91. The highest BCUT2D eigenvalue weighted by molar-refractivity contribution is 5.94. The summed E-state index contributed by atoms with van der Waals surface area (Å²) in [6, 6.07) is 13.6. The Labute approximate surface area is 125 Å². The summed E-state index contributed by atoms with van der Waals surface area (Å²) in [5.74, 6) is -0.172. The topological polar surface area (TPSA) is 29.1 Å². The molecule has 1 N–H and O–H groups in total. The molecule has 110 valence electrons. The Morgan fingerprint density at radius 3 is 2.10 bits per heavy atom. The molecule has 21 heavy (non-hydrogen) atoms. The molecule has 0 aliphatic carbocycles. The molecule has 0 spiro atoms. The summed E-state index contributed by atoms with van der Waals surface area (Å²) >= 11 is 0. The van der Waals surface area contributed by atoms with Gasteiger partial charge in [-0.15, -0.1) is 0 Å². The van der Waals surface area contributed by atoms with Gasteiger partial charge in [0.05, 0.1) is 6.04 Å². The van der Waals surface area contributed by atoms with E-state index >= 15 is 0 Å². The molecule has 0 fully saturated rings. The number of hydrogen-bond donors (Lipinski definition) is 1. The fourth-order valence-electron chi connectivity index (χ4n) is 2.23. The van der Waals surface area contributed by atoms with Gasteiger partial charge in [0.1, 0.15) is 5.82 Å². The SMILES string of the molecule is Cc1ccc(C(=O)N[C@@H](c2ccc(F)cc2)C(C)C)cc1. The maximum atomic E-state index is 13.0. The monoisotopic (exact) mass is 285 g/mol. The van der Waals surface area contributed by atoms with Crippen LogP contribution in [-0.2, 0) is 0 Å². The number of amides is 1. The minimum absolute atomic E-state index is 0.113. The number of rotatable bonds is 4. The van der Waals surface area contributed by atoms with Gasteiger partial charge >= 0.3 is 0 Å². The van der Waals surface area contributed by atoms with E-state index in [4.69, 9.17) is 0 Å². The van der Waals surface area contributed by atoms with Crippen molar-refractivity contribution in [2.24, 2.45) is 5.92 Å². The lowest BCUT2D eigenvalue weighted by molar-refractivity contribution is 0.0925. The molecule has 3 heteroatoms. The van der Waals surface area contributed by atoms with Crippen LogP contribution in [0.5, 0.6) is 0 Å². The Bertz CT molecular complexity index is 602. The van der Waals surface area contributed by atoms with Crippen LogP contribution < -0.4 is 5.32 Å². The van der Waals surface area contributed by atoms with Crippen LogP contribution in [0.3, 0.4) is 0 Å². The zero-order chi connectivity index (χ0) is 15.4. The highest BCUT2D eigenvalue weighted by Gasteiger charge is 2.19. The first-order valence-corrected chi connectivity index (χ1v) is 7.10. The van der Waals surface area contributed by atoms with Crippen molar-refractivity contribution in [1.29, 1.82) is 0 Å². The van der Waals surface area contributed by atoms with Gasteiger partial charge in [-0.25, -0.2) is 4.39 Å². The number of aryl methyl sites for hydroxylation is 1. The van der Waals surface area contributed by atoms with Gasteiger partial charge in [0.15, 0.2) is 0 Å². The van der Waals surface area contributed by atoms with E-state index in [2.05, 4.69) is 5.32 Å². The van der Waals surface area contributed by atoms with Gasteiger partial charge in [-0.1, -0.05) is 43.7 Å². The van der Waals surface area contributed by atoms with Crippen molar-refractivity contribution in [3.05, 3.63) is 71.0 Å². The molecular formula is C18H20FNO. The summed E-state index contributed by atoms with van der Waals surface area (Å²) in [4.78, 5) is 12.3. The molecule has 1 atom stereocenters. The van der Waals surface area contributed by atoms with E-state index in [1.54, 1.807) is 12.1 Å². The fourth-order valence-corrected chi connectivity index (χ4v) is 2.23. The molecule has 2 aromatic carbocycles. The lowest BCUT2D eigenvalue weighted by atomic mass is 9.95. The summed E-state index contributed by atoms with van der Waals surface area (Å²) in [5, 5.41) is 3.03. The maximum Gasteiger partial charge on any atom is 0.251 e. The maximum absolute atomic E-state index is 13.0. The minimum atomic E-state index is -0.272. The van der Waals surface area contributed by atoms with Gasteiger partial charge < -0.3 is 5.32 Å². The molecule has 0 aliphatic rings. The van der Waals surface area contributed by atoms with Crippen molar-refractivity contribution in [2.75, 3.05) is 0 Å². The number of nitrogens with one attached hydrogen (secondary N) is 1. The lowest BCUT2D eigenvalue weighted by Crippen LogP contribution is -2.31. The van der Waals surface area contributed by atoms with Crippen molar-refractivity contribution in [3.8, 4) is 0 Å². The molecule has 0 heterocycles. The summed E-state index contributed by atoms with van der Waals surface area (Å²) in [6.45, 7) is 6.05. The van der Waals surface area contributed by atoms with E-state index in [-0.39, 0.29) is 23.7 Å². The highest BCUT2D eigenvalue weighted by Crippen LogP contribution is 2.22. The van der Waals surface area contributed by atoms with Crippen LogP contribution >= 0.6 is 0 Å². The van der Waals surface area contributed by atoms with Crippen molar-refractivity contribution < 1.29 is 9.18 Å². The number of carbonyl (C=O) groups is 1. The molecule has 0 aromatic heterocycles. The van der Waals surface area contributed by atoms with E-state index < -0.39 is 0 Å². The molecule has 0 saturated heterocycles. The second-order valence-corrected chi connectivity index (χ2v) is 5.61. The normalized spacial score (nSPS) is 12.2. The molecule has 0 bridgehead atoms. The van der Waals surface area contributed by atoms with Crippen molar-refractivity contribution in [1.82, 2.24) is 5.32 Å². The third-order valence-corrected chi connectivity index (χ3v) is 3.50. The Morgan fingerprint density at radius 2 is 1.57 bits per heavy atom. The van der Waals surface area contributed by atoms with E-state index in [0.717, 1.165) is 11.1 Å². The first kappa shape index (κ1) is 15.2. The quantitative estimate of drug-likeness (QED) is 0.893. The van der Waals surface area contributed by atoms with Crippen LogP contribution in [0.2, 0.25) is 0 Å². The average Bonchev–Trinajstić information content (AvgIpc) is 2.46. The van der Waals surface area contributed by atoms with E-state index in [0.29, 0.717) is 5.56 Å². The second-order valence-electron chi connectivity index (χ2n) is 5.61. The third-order valence-electron chi connectivity index (χ3n) is 3.50. The predicted molar refractivity (Wildman–Crippen MR) is 82.6 cm³/mol. The molecule has 0 unspecified atom stereocenters. The van der Waals surface area contributed by atoms with Gasteiger partial charge in [0.2, 0.25) is 0 Å². The number of benzene rings is 2. The first-order valence-electron chi connectivity index (χ1n) is 7.10. The van der Waals surface area contributed by atoms with Crippen LogP contribution in [0.25, 0.3) is 0 Å². The Morgan fingerprint density at radius 1 is 1.00 bits per heavy atom. The number of halogens is 1. The molecule has 2 rings (SSSR count). The standard InChI is InChI=1S/C18H20FNO/c1-12(2)17(14-8-10-16(19)11-9-14)20-18(21)15-6-4-13(3)5-7-15/h4-12,17H,1-3H3,(H,20,21)/t17-/m1/s1. The van der Waals surface area contributed by atoms with Crippen LogP contribution in [0.15, 0.2) is 48.5 Å². The lowest BCUT2D eigenvalue weighted by Gasteiger charge is -2.23. The summed E-state index contributed by atoms with van der Waals surface area (Å²) in [7, 11) is 0. The molecule has 0 saturated carbocycles. The van der Waals surface area contributed by atoms with Crippen LogP contribution in [0, 0.1) is 18.7 Å². The van der Waals surface area contributed by atoms with Gasteiger partial charge in [-0.2, -0.15) is 0 Å². The molecular weight excluding hydrogens is 265 g/mol. The summed E-state index contributed by atoms with van der Waals surface area (Å²) in [6.07, 6.45) is 0. The molecule has 0 radical (unpaired) electrons. The Hall–Kier alpha value is -2.16.